The minimum atomic E-state index is -4.83. The van der Waals surface area contributed by atoms with Gasteiger partial charge in [0.2, 0.25) is 5.82 Å². The molecule has 12 heteroatoms. The monoisotopic (exact) mass is 526 g/mol. The van der Waals surface area contributed by atoms with Gasteiger partial charge in [0.15, 0.2) is 0 Å². The van der Waals surface area contributed by atoms with Gasteiger partial charge in [0.05, 0.1) is 38.7 Å². The highest BCUT2D eigenvalue weighted by Crippen LogP contribution is 2.37. The third kappa shape index (κ3) is 4.64. The number of hydrogen-bond donors (Lipinski definition) is 1. The van der Waals surface area contributed by atoms with Crippen LogP contribution < -0.4 is 5.32 Å². The molecule has 2 aromatic heterocycles. The van der Waals surface area contributed by atoms with E-state index in [9.17, 15) is 22.8 Å². The van der Waals surface area contributed by atoms with E-state index in [2.05, 4.69) is 15.3 Å². The van der Waals surface area contributed by atoms with Crippen molar-refractivity contribution < 1.29 is 22.8 Å². The van der Waals surface area contributed by atoms with Gasteiger partial charge in [-0.3, -0.25) is 14.3 Å². The number of benzene rings is 2. The molecular weight excluding hydrogens is 516 g/mol. The number of carbonyl (C=O) groups excluding carboxylic acids is 2. The lowest BCUT2D eigenvalue weighted by molar-refractivity contribution is -0.145. The third-order valence-corrected chi connectivity index (χ3v) is 5.29. The summed E-state index contributed by atoms with van der Waals surface area (Å²) in [4.78, 5) is 31.6. The van der Waals surface area contributed by atoms with Crippen molar-refractivity contribution in [1.29, 1.82) is 0 Å². The van der Waals surface area contributed by atoms with Gasteiger partial charge < -0.3 is 5.32 Å². The number of pyridine rings is 1. The van der Waals surface area contributed by atoms with Crippen molar-refractivity contribution in [1.82, 2.24) is 14.5 Å². The van der Waals surface area contributed by atoms with Crippen LogP contribution in [0.5, 0.6) is 0 Å². The summed E-state index contributed by atoms with van der Waals surface area (Å²) in [5.41, 5.74) is -0.187. The second-order valence-electron chi connectivity index (χ2n) is 6.69. The van der Waals surface area contributed by atoms with Gasteiger partial charge in [-0.15, -0.1) is 12.4 Å². The van der Waals surface area contributed by atoms with Crippen molar-refractivity contribution in [3.8, 4) is 5.69 Å². The Hall–Kier alpha value is -3.36. The van der Waals surface area contributed by atoms with Gasteiger partial charge in [-0.25, -0.2) is 9.78 Å². The summed E-state index contributed by atoms with van der Waals surface area (Å²) >= 11 is 12.2. The first-order valence-corrected chi connectivity index (χ1v) is 9.97. The molecule has 0 aliphatic rings. The van der Waals surface area contributed by atoms with Gasteiger partial charge in [0.25, 0.3) is 5.91 Å². The average Bonchev–Trinajstić information content (AvgIpc) is 3.16. The van der Waals surface area contributed by atoms with Gasteiger partial charge in [-0.05, 0) is 36.4 Å². The molecule has 1 amide bonds. The summed E-state index contributed by atoms with van der Waals surface area (Å²) in [6.07, 6.45) is -1.19. The molecule has 0 saturated carbocycles. The van der Waals surface area contributed by atoms with Crippen LogP contribution in [-0.2, 0) is 11.0 Å². The Morgan fingerprint density at radius 1 is 1.09 bits per heavy atom. The largest absolute Gasteiger partial charge is 0.450 e. The number of nitrogens with zero attached hydrogens (tertiary/aromatic N) is 3. The molecule has 0 radical (unpaired) electrons. The number of aromatic nitrogens is 3. The first-order valence-electron chi connectivity index (χ1n) is 9.21. The molecule has 0 fully saturated rings. The normalized spacial score (nSPS) is 11.0. The Kier molecular flexibility index (Phi) is 7.33. The Labute approximate surface area is 206 Å². The Morgan fingerprint density at radius 3 is 2.38 bits per heavy atom. The number of fused-ring (bicyclic) bond motifs is 1. The standard InChI is InChI=1S/C22H11Cl2F3N4O2.ClH/c23-14-4-1-5-15(24)17(14)20(33)29-18-12(8-10-32)6-7-16-19(18)30-21(22(25,26)27)31(16)13-3-2-9-28-11-13;/h1-9,11H,(H,29,33);1H. The molecule has 0 saturated heterocycles. The predicted molar refractivity (Wildman–Crippen MR) is 126 cm³/mol. The van der Waals surface area contributed by atoms with Gasteiger partial charge in [-0.1, -0.05) is 29.3 Å². The lowest BCUT2D eigenvalue weighted by Gasteiger charge is -2.12. The van der Waals surface area contributed by atoms with Crippen molar-refractivity contribution in [2.24, 2.45) is 0 Å². The molecular formula is C22H12Cl3F3N4O2. The van der Waals surface area contributed by atoms with Crippen molar-refractivity contribution in [2.45, 2.75) is 6.18 Å². The second kappa shape index (κ2) is 9.87. The molecule has 4 rings (SSSR count). The van der Waals surface area contributed by atoms with E-state index in [1.54, 1.807) is 5.94 Å². The van der Waals surface area contributed by atoms with Gasteiger partial charge >= 0.3 is 6.18 Å². The van der Waals surface area contributed by atoms with Crippen LogP contribution in [0, 0.1) is 0 Å². The van der Waals surface area contributed by atoms with Crippen LogP contribution in [0.2, 0.25) is 10.0 Å². The van der Waals surface area contributed by atoms with Crippen LogP contribution in [0.15, 0.2) is 54.9 Å². The SMILES string of the molecule is Cl.O=C=Cc1ccc2c(nc(C(F)(F)F)n2-c2cccnc2)c1NC(=O)c1c(Cl)cccc1Cl. The number of amides is 1. The molecule has 0 aliphatic carbocycles. The number of rotatable bonds is 4. The molecule has 0 spiro atoms. The molecule has 0 atom stereocenters. The maximum absolute atomic E-state index is 13.9. The third-order valence-electron chi connectivity index (χ3n) is 4.66. The smallest absolute Gasteiger partial charge is 0.319 e. The van der Waals surface area contributed by atoms with E-state index in [0.717, 1.165) is 10.6 Å². The molecule has 4 aromatic rings. The fourth-order valence-corrected chi connectivity index (χ4v) is 3.87. The summed E-state index contributed by atoms with van der Waals surface area (Å²) in [5, 5.41) is 2.58. The lowest BCUT2D eigenvalue weighted by atomic mass is 10.1. The topological polar surface area (TPSA) is 76.9 Å². The first kappa shape index (κ1) is 25.3. The van der Waals surface area contributed by atoms with Crippen molar-refractivity contribution in [3.05, 3.63) is 81.9 Å². The zero-order valence-electron chi connectivity index (χ0n) is 16.7. The van der Waals surface area contributed by atoms with Crippen molar-refractivity contribution in [2.75, 3.05) is 5.32 Å². The van der Waals surface area contributed by atoms with Crippen molar-refractivity contribution in [3.63, 3.8) is 0 Å². The Balaban J connectivity index is 0.00000324. The Morgan fingerprint density at radius 2 is 1.79 bits per heavy atom. The van der Waals surface area contributed by atoms with Crippen LogP contribution >= 0.6 is 35.6 Å². The highest BCUT2D eigenvalue weighted by Gasteiger charge is 2.39. The van der Waals surface area contributed by atoms with Gasteiger partial charge in [0, 0.05) is 17.8 Å². The summed E-state index contributed by atoms with van der Waals surface area (Å²) in [6, 6.07) is 10.0. The van der Waals surface area contributed by atoms with Gasteiger partial charge in [-0.2, -0.15) is 13.2 Å². The molecule has 0 bridgehead atoms. The summed E-state index contributed by atoms with van der Waals surface area (Å²) < 4.78 is 42.5. The predicted octanol–water partition coefficient (Wildman–Crippen LogP) is 6.27. The van der Waals surface area contributed by atoms with E-state index < -0.39 is 17.9 Å². The van der Waals surface area contributed by atoms with E-state index >= 15 is 0 Å². The minimum Gasteiger partial charge on any atom is -0.319 e. The number of imidazole rings is 1. The summed E-state index contributed by atoms with van der Waals surface area (Å²) in [7, 11) is 0. The molecule has 34 heavy (non-hydrogen) atoms. The second-order valence-corrected chi connectivity index (χ2v) is 7.50. The molecule has 1 N–H and O–H groups in total. The van der Waals surface area contributed by atoms with E-state index in [0.29, 0.717) is 0 Å². The zero-order chi connectivity index (χ0) is 23.8. The minimum absolute atomic E-state index is 0. The number of alkyl halides is 3. The number of hydrogen-bond acceptors (Lipinski definition) is 4. The number of halogens is 6. The van der Waals surface area contributed by atoms with E-state index in [1.165, 1.54) is 54.9 Å². The molecule has 2 heterocycles. The van der Waals surface area contributed by atoms with Crippen LogP contribution in [0.25, 0.3) is 22.8 Å². The fraction of sp³-hybridized carbons (Fsp3) is 0.0455. The highest BCUT2D eigenvalue weighted by atomic mass is 35.5. The summed E-state index contributed by atoms with van der Waals surface area (Å²) in [5.74, 6) is -0.458. The van der Waals surface area contributed by atoms with Crippen LogP contribution in [-0.4, -0.2) is 26.4 Å². The molecule has 0 unspecified atom stereocenters. The number of carbonyl (C=O) groups is 1. The average molecular weight is 528 g/mol. The lowest BCUT2D eigenvalue weighted by Crippen LogP contribution is -2.14. The highest BCUT2D eigenvalue weighted by molar-refractivity contribution is 6.40. The Bertz CT molecular complexity index is 1410. The quantitative estimate of drug-likeness (QED) is 0.318. The van der Waals surface area contributed by atoms with E-state index in [-0.39, 0.29) is 56.0 Å². The van der Waals surface area contributed by atoms with Gasteiger partial charge in [0.1, 0.15) is 11.5 Å². The maximum atomic E-state index is 13.9. The molecule has 174 valence electrons. The van der Waals surface area contributed by atoms with Crippen LogP contribution in [0.1, 0.15) is 21.7 Å². The molecule has 6 nitrogen and oxygen atoms in total. The van der Waals surface area contributed by atoms with E-state index in [4.69, 9.17) is 23.2 Å². The van der Waals surface area contributed by atoms with Crippen molar-refractivity contribution >= 4 is 70.3 Å². The summed E-state index contributed by atoms with van der Waals surface area (Å²) in [6.45, 7) is 0. The fourth-order valence-electron chi connectivity index (χ4n) is 3.30. The maximum Gasteiger partial charge on any atom is 0.450 e. The van der Waals surface area contributed by atoms with Crippen LogP contribution in [0.3, 0.4) is 0 Å². The molecule has 0 aliphatic heterocycles. The number of nitrogens with one attached hydrogen (secondary N) is 1. The number of anilines is 1. The van der Waals surface area contributed by atoms with E-state index in [1.807, 2.05) is 0 Å². The molecule has 2 aromatic carbocycles. The van der Waals surface area contributed by atoms with Crippen LogP contribution in [0.4, 0.5) is 18.9 Å². The first-order chi connectivity index (χ1) is 15.7. The zero-order valence-corrected chi connectivity index (χ0v) is 19.1.